The molecule has 1 amide bonds. The predicted molar refractivity (Wildman–Crippen MR) is 70.2 cm³/mol. The minimum atomic E-state index is -0.432. The molecular formula is C12H16N2O2S. The number of nitrogens with one attached hydrogen (secondary N) is 1. The van der Waals surface area contributed by atoms with Gasteiger partial charge in [0.2, 0.25) is 5.91 Å². The average molecular weight is 252 g/mol. The topological polar surface area (TPSA) is 61.7 Å². The first-order valence-electron chi connectivity index (χ1n) is 5.29. The molecule has 1 rings (SSSR count). The molecule has 92 valence electrons. The number of amides is 1. The van der Waals surface area contributed by atoms with Crippen LogP contribution in [0.2, 0.25) is 0 Å². The van der Waals surface area contributed by atoms with E-state index in [1.807, 2.05) is 30.3 Å². The summed E-state index contributed by atoms with van der Waals surface area (Å²) in [7, 11) is 1.57. The standard InChI is InChI=1S/C12H16N2O2S/c1-9(11(15)13-2)12(14-16)17-8-10-6-4-3-5-7-10/h3-7,9,16H,8H2,1-2H3,(H,13,15)/b14-12+. The van der Waals surface area contributed by atoms with Gasteiger partial charge in [-0.3, -0.25) is 4.79 Å². The van der Waals surface area contributed by atoms with Crippen LogP contribution in [0.1, 0.15) is 12.5 Å². The van der Waals surface area contributed by atoms with Gasteiger partial charge < -0.3 is 10.5 Å². The number of hydrogen-bond donors (Lipinski definition) is 2. The Morgan fingerprint density at radius 2 is 2.12 bits per heavy atom. The van der Waals surface area contributed by atoms with E-state index in [-0.39, 0.29) is 5.91 Å². The number of carbonyl (C=O) groups is 1. The first kappa shape index (κ1) is 13.6. The normalized spacial score (nSPS) is 13.2. The summed E-state index contributed by atoms with van der Waals surface area (Å²) in [5.74, 6) is 0.0961. The SMILES string of the molecule is CNC(=O)C(C)/C(=N\O)SCc1ccccc1. The van der Waals surface area contributed by atoms with Crippen LogP contribution in [0.3, 0.4) is 0 Å². The summed E-state index contributed by atoms with van der Waals surface area (Å²) in [4.78, 5) is 11.4. The lowest BCUT2D eigenvalue weighted by atomic mass is 10.2. The Kier molecular flexibility index (Phi) is 5.56. The van der Waals surface area contributed by atoms with Crippen LogP contribution in [0.4, 0.5) is 0 Å². The van der Waals surface area contributed by atoms with Crippen LogP contribution in [0.5, 0.6) is 0 Å². The largest absolute Gasteiger partial charge is 0.410 e. The van der Waals surface area contributed by atoms with Crippen LogP contribution in [0, 0.1) is 5.92 Å². The van der Waals surface area contributed by atoms with Crippen molar-refractivity contribution in [2.75, 3.05) is 7.05 Å². The molecule has 0 bridgehead atoms. The molecule has 1 atom stereocenters. The van der Waals surface area contributed by atoms with Crippen LogP contribution < -0.4 is 5.32 Å². The maximum Gasteiger partial charge on any atom is 0.229 e. The first-order chi connectivity index (χ1) is 8.19. The molecule has 2 N–H and O–H groups in total. The predicted octanol–water partition coefficient (Wildman–Crippen LogP) is 2.09. The third-order valence-electron chi connectivity index (χ3n) is 2.34. The zero-order valence-electron chi connectivity index (χ0n) is 9.88. The molecular weight excluding hydrogens is 236 g/mol. The Morgan fingerprint density at radius 1 is 1.47 bits per heavy atom. The molecule has 0 radical (unpaired) electrons. The number of nitrogens with zero attached hydrogens (tertiary/aromatic N) is 1. The van der Waals surface area contributed by atoms with E-state index in [1.54, 1.807) is 14.0 Å². The zero-order valence-corrected chi connectivity index (χ0v) is 10.7. The van der Waals surface area contributed by atoms with E-state index in [4.69, 9.17) is 5.21 Å². The maximum absolute atomic E-state index is 11.4. The van der Waals surface area contributed by atoms with Gasteiger partial charge in [-0.05, 0) is 12.5 Å². The number of hydrogen-bond acceptors (Lipinski definition) is 4. The molecule has 1 aromatic rings. The number of benzene rings is 1. The number of thioether (sulfide) groups is 1. The van der Waals surface area contributed by atoms with E-state index in [9.17, 15) is 4.79 Å². The highest BCUT2D eigenvalue weighted by Gasteiger charge is 2.19. The van der Waals surface area contributed by atoms with E-state index in [0.717, 1.165) is 5.56 Å². The maximum atomic E-state index is 11.4. The van der Waals surface area contributed by atoms with Gasteiger partial charge in [0.05, 0.1) is 5.92 Å². The molecule has 1 unspecified atom stereocenters. The second-order valence-corrected chi connectivity index (χ2v) is 4.54. The minimum absolute atomic E-state index is 0.154. The molecule has 0 saturated carbocycles. The summed E-state index contributed by atoms with van der Waals surface area (Å²) < 4.78 is 0. The summed E-state index contributed by atoms with van der Waals surface area (Å²) in [6.45, 7) is 1.71. The lowest BCUT2D eigenvalue weighted by molar-refractivity contribution is -0.122. The molecule has 0 heterocycles. The van der Waals surface area contributed by atoms with E-state index in [1.165, 1.54) is 11.8 Å². The molecule has 0 aliphatic carbocycles. The summed E-state index contributed by atoms with van der Waals surface area (Å²) >= 11 is 1.37. The molecule has 0 aliphatic rings. The fraction of sp³-hybridized carbons (Fsp3) is 0.333. The third kappa shape index (κ3) is 4.11. The Labute approximate surface area is 105 Å². The van der Waals surface area contributed by atoms with Gasteiger partial charge in [-0.2, -0.15) is 0 Å². The van der Waals surface area contributed by atoms with Crippen molar-refractivity contribution in [3.63, 3.8) is 0 Å². The van der Waals surface area contributed by atoms with E-state index >= 15 is 0 Å². The summed E-state index contributed by atoms with van der Waals surface area (Å²) in [6.07, 6.45) is 0. The van der Waals surface area contributed by atoms with Crippen LogP contribution >= 0.6 is 11.8 Å². The van der Waals surface area contributed by atoms with Gasteiger partial charge in [0.1, 0.15) is 5.04 Å². The van der Waals surface area contributed by atoms with Gasteiger partial charge in [0, 0.05) is 12.8 Å². The molecule has 17 heavy (non-hydrogen) atoms. The van der Waals surface area contributed by atoms with E-state index in [0.29, 0.717) is 10.8 Å². The number of oxime groups is 1. The van der Waals surface area contributed by atoms with Gasteiger partial charge in [-0.25, -0.2) is 0 Å². The highest BCUT2D eigenvalue weighted by molar-refractivity contribution is 8.13. The highest BCUT2D eigenvalue weighted by Crippen LogP contribution is 2.18. The van der Waals surface area contributed by atoms with Crippen molar-refractivity contribution in [2.24, 2.45) is 11.1 Å². The van der Waals surface area contributed by atoms with Gasteiger partial charge in [0.25, 0.3) is 0 Å². The van der Waals surface area contributed by atoms with Gasteiger partial charge in [-0.15, -0.1) is 11.8 Å². The Hall–Kier alpha value is -1.49. The number of rotatable bonds is 4. The molecule has 5 heteroatoms. The molecule has 0 spiro atoms. The second kappa shape index (κ2) is 6.96. The average Bonchev–Trinajstić information content (AvgIpc) is 2.39. The summed E-state index contributed by atoms with van der Waals surface area (Å²) in [6, 6.07) is 9.84. The Bertz CT molecular complexity index is 393. The van der Waals surface area contributed by atoms with Crippen LogP contribution in [-0.2, 0) is 10.5 Å². The van der Waals surface area contributed by atoms with Gasteiger partial charge in [-0.1, -0.05) is 35.5 Å². The Balaban J connectivity index is 2.57. The van der Waals surface area contributed by atoms with Crippen LogP contribution in [0.15, 0.2) is 35.5 Å². The monoisotopic (exact) mass is 252 g/mol. The van der Waals surface area contributed by atoms with Crippen molar-refractivity contribution in [1.29, 1.82) is 0 Å². The molecule has 1 aromatic carbocycles. The summed E-state index contributed by atoms with van der Waals surface area (Å²) in [5.41, 5.74) is 1.13. The fourth-order valence-corrected chi connectivity index (χ4v) is 2.22. The third-order valence-corrected chi connectivity index (χ3v) is 3.55. The lowest BCUT2D eigenvalue weighted by Gasteiger charge is -2.11. The minimum Gasteiger partial charge on any atom is -0.410 e. The van der Waals surface area contributed by atoms with E-state index in [2.05, 4.69) is 10.5 Å². The highest BCUT2D eigenvalue weighted by atomic mass is 32.2. The molecule has 0 aromatic heterocycles. The van der Waals surface area contributed by atoms with Crippen molar-refractivity contribution < 1.29 is 10.0 Å². The first-order valence-corrected chi connectivity index (χ1v) is 6.28. The van der Waals surface area contributed by atoms with Crippen molar-refractivity contribution >= 4 is 22.7 Å². The fourth-order valence-electron chi connectivity index (χ4n) is 1.30. The van der Waals surface area contributed by atoms with Crippen molar-refractivity contribution in [2.45, 2.75) is 12.7 Å². The molecule has 4 nitrogen and oxygen atoms in total. The van der Waals surface area contributed by atoms with E-state index < -0.39 is 5.92 Å². The molecule has 0 saturated heterocycles. The quantitative estimate of drug-likeness (QED) is 0.373. The zero-order chi connectivity index (χ0) is 12.7. The lowest BCUT2D eigenvalue weighted by Crippen LogP contribution is -2.29. The van der Waals surface area contributed by atoms with Crippen molar-refractivity contribution in [3.05, 3.63) is 35.9 Å². The number of carbonyl (C=O) groups excluding carboxylic acids is 1. The van der Waals surface area contributed by atoms with Crippen molar-refractivity contribution in [1.82, 2.24) is 5.32 Å². The van der Waals surface area contributed by atoms with Gasteiger partial charge >= 0.3 is 0 Å². The van der Waals surface area contributed by atoms with Crippen LogP contribution in [-0.4, -0.2) is 23.2 Å². The molecule has 0 aliphatic heterocycles. The molecule has 0 fully saturated rings. The van der Waals surface area contributed by atoms with Crippen LogP contribution in [0.25, 0.3) is 0 Å². The van der Waals surface area contributed by atoms with Gasteiger partial charge in [0.15, 0.2) is 0 Å². The smallest absolute Gasteiger partial charge is 0.229 e. The van der Waals surface area contributed by atoms with Crippen molar-refractivity contribution in [3.8, 4) is 0 Å². The second-order valence-electron chi connectivity index (χ2n) is 3.55. The summed E-state index contributed by atoms with van der Waals surface area (Å²) in [5, 5.41) is 15.1. The Morgan fingerprint density at radius 3 is 2.65 bits per heavy atom.